The van der Waals surface area contributed by atoms with E-state index in [2.05, 4.69) is 9.97 Å². The molecule has 0 fully saturated rings. The number of hydrogen-bond acceptors (Lipinski definition) is 3. The molecule has 0 spiro atoms. The molecule has 1 aromatic rings. The van der Waals surface area contributed by atoms with E-state index in [9.17, 15) is 9.59 Å². The van der Waals surface area contributed by atoms with Gasteiger partial charge in [0.1, 0.15) is 0 Å². The van der Waals surface area contributed by atoms with Crippen LogP contribution in [0.4, 0.5) is 0 Å². The van der Waals surface area contributed by atoms with Gasteiger partial charge >= 0.3 is 5.69 Å². The number of ether oxygens (including phenoxy) is 1. The van der Waals surface area contributed by atoms with Gasteiger partial charge in [0.25, 0.3) is 5.56 Å². The second-order valence-electron chi connectivity index (χ2n) is 2.25. The molecule has 0 aliphatic carbocycles. The van der Waals surface area contributed by atoms with Crippen molar-refractivity contribution in [2.75, 3.05) is 6.61 Å². The average molecular weight is 170 g/mol. The summed E-state index contributed by atoms with van der Waals surface area (Å²) in [6.07, 6.45) is 0. The van der Waals surface area contributed by atoms with Crippen LogP contribution in [-0.4, -0.2) is 16.6 Å². The topological polar surface area (TPSA) is 75.0 Å². The van der Waals surface area contributed by atoms with Crippen molar-refractivity contribution >= 4 is 0 Å². The molecule has 0 atom stereocenters. The van der Waals surface area contributed by atoms with Crippen molar-refractivity contribution in [2.45, 2.75) is 13.5 Å². The smallest absolute Gasteiger partial charge is 0.325 e. The summed E-state index contributed by atoms with van der Waals surface area (Å²) in [4.78, 5) is 26.0. The maximum absolute atomic E-state index is 10.7. The highest BCUT2D eigenvalue weighted by molar-refractivity contribution is 4.96. The van der Waals surface area contributed by atoms with E-state index in [4.69, 9.17) is 4.74 Å². The van der Waals surface area contributed by atoms with Crippen LogP contribution in [0.25, 0.3) is 0 Å². The number of H-pyrrole nitrogens is 2. The Morgan fingerprint density at radius 1 is 1.42 bits per heavy atom. The Morgan fingerprint density at radius 2 is 2.17 bits per heavy atom. The Morgan fingerprint density at radius 3 is 2.75 bits per heavy atom. The van der Waals surface area contributed by atoms with Crippen LogP contribution in [0.1, 0.15) is 12.6 Å². The molecule has 12 heavy (non-hydrogen) atoms. The molecule has 0 saturated heterocycles. The second-order valence-corrected chi connectivity index (χ2v) is 2.25. The first-order valence-electron chi connectivity index (χ1n) is 3.62. The Labute approximate surface area is 68.4 Å². The SMILES string of the molecule is CCOCc1cc(=O)[nH]c(=O)[nH]1. The van der Waals surface area contributed by atoms with Crippen LogP contribution in [0.5, 0.6) is 0 Å². The van der Waals surface area contributed by atoms with Gasteiger partial charge < -0.3 is 9.72 Å². The van der Waals surface area contributed by atoms with Crippen LogP contribution in [0.15, 0.2) is 15.7 Å². The van der Waals surface area contributed by atoms with Gasteiger partial charge in [-0.1, -0.05) is 0 Å². The van der Waals surface area contributed by atoms with Crippen molar-refractivity contribution in [3.8, 4) is 0 Å². The van der Waals surface area contributed by atoms with Gasteiger partial charge in [-0.2, -0.15) is 0 Å². The molecule has 0 aliphatic heterocycles. The lowest BCUT2D eigenvalue weighted by molar-refractivity contribution is 0.131. The number of aromatic amines is 2. The highest BCUT2D eigenvalue weighted by Crippen LogP contribution is 1.88. The van der Waals surface area contributed by atoms with E-state index in [1.54, 1.807) is 0 Å². The van der Waals surface area contributed by atoms with E-state index in [0.29, 0.717) is 12.3 Å². The van der Waals surface area contributed by atoms with E-state index >= 15 is 0 Å². The second kappa shape index (κ2) is 3.87. The molecule has 5 nitrogen and oxygen atoms in total. The van der Waals surface area contributed by atoms with Gasteiger partial charge in [-0.3, -0.25) is 9.78 Å². The van der Waals surface area contributed by atoms with Crippen molar-refractivity contribution in [2.24, 2.45) is 0 Å². The van der Waals surface area contributed by atoms with Crippen LogP contribution in [0, 0.1) is 0 Å². The van der Waals surface area contributed by atoms with Crippen LogP contribution in [-0.2, 0) is 11.3 Å². The standard InChI is InChI=1S/C7H10N2O3/c1-2-12-4-5-3-6(10)9-7(11)8-5/h3H,2,4H2,1H3,(H2,8,9,10,11). The van der Waals surface area contributed by atoms with E-state index in [1.807, 2.05) is 6.92 Å². The Kier molecular flexibility index (Phi) is 2.82. The van der Waals surface area contributed by atoms with Crippen molar-refractivity contribution in [3.63, 3.8) is 0 Å². The van der Waals surface area contributed by atoms with E-state index in [0.717, 1.165) is 0 Å². The molecular weight excluding hydrogens is 160 g/mol. The summed E-state index contributed by atoms with van der Waals surface area (Å²) in [6.45, 7) is 2.65. The Balaban J connectivity index is 2.86. The summed E-state index contributed by atoms with van der Waals surface area (Å²) in [5.41, 5.74) is -0.420. The molecule has 0 amide bonds. The summed E-state index contributed by atoms with van der Waals surface area (Å²) < 4.78 is 5.01. The Bertz CT molecular complexity index is 324. The lowest BCUT2D eigenvalue weighted by Crippen LogP contribution is -2.23. The first kappa shape index (κ1) is 8.73. The third kappa shape index (κ3) is 2.35. The van der Waals surface area contributed by atoms with E-state index in [-0.39, 0.29) is 6.61 Å². The zero-order valence-electron chi connectivity index (χ0n) is 6.72. The van der Waals surface area contributed by atoms with E-state index in [1.165, 1.54) is 6.07 Å². The van der Waals surface area contributed by atoms with Crippen molar-refractivity contribution in [1.82, 2.24) is 9.97 Å². The first-order valence-corrected chi connectivity index (χ1v) is 3.62. The third-order valence-corrected chi connectivity index (χ3v) is 1.28. The molecule has 5 heteroatoms. The first-order chi connectivity index (χ1) is 5.72. The van der Waals surface area contributed by atoms with Gasteiger partial charge in [0.2, 0.25) is 0 Å². The summed E-state index contributed by atoms with van der Waals surface area (Å²) in [6, 6.07) is 1.30. The molecule has 2 N–H and O–H groups in total. The lowest BCUT2D eigenvalue weighted by Gasteiger charge is -1.98. The molecular formula is C7H10N2O3. The van der Waals surface area contributed by atoms with Gasteiger partial charge in [0, 0.05) is 12.7 Å². The molecule has 66 valence electrons. The van der Waals surface area contributed by atoms with Crippen molar-refractivity contribution in [1.29, 1.82) is 0 Å². The van der Waals surface area contributed by atoms with Gasteiger partial charge in [-0.25, -0.2) is 4.79 Å². The maximum Gasteiger partial charge on any atom is 0.325 e. The molecule has 0 aliphatic rings. The molecule has 0 unspecified atom stereocenters. The molecule has 0 bridgehead atoms. The number of rotatable bonds is 3. The molecule has 1 heterocycles. The molecule has 1 rings (SSSR count). The van der Waals surface area contributed by atoms with Crippen LogP contribution in [0.2, 0.25) is 0 Å². The van der Waals surface area contributed by atoms with Gasteiger partial charge in [-0.15, -0.1) is 0 Å². The predicted octanol–water partition coefficient (Wildman–Crippen LogP) is -0.400. The van der Waals surface area contributed by atoms with Crippen molar-refractivity contribution < 1.29 is 4.74 Å². The maximum atomic E-state index is 10.7. The highest BCUT2D eigenvalue weighted by atomic mass is 16.5. The molecule has 1 aromatic heterocycles. The fourth-order valence-corrected chi connectivity index (χ4v) is 0.809. The summed E-state index contributed by atoms with van der Waals surface area (Å²) in [7, 11) is 0. The predicted molar refractivity (Wildman–Crippen MR) is 43.0 cm³/mol. The van der Waals surface area contributed by atoms with Crippen LogP contribution in [0.3, 0.4) is 0 Å². The Hall–Kier alpha value is -1.36. The zero-order valence-corrected chi connectivity index (χ0v) is 6.72. The normalized spacial score (nSPS) is 10.1. The van der Waals surface area contributed by atoms with Gasteiger partial charge in [-0.05, 0) is 6.92 Å². The monoisotopic (exact) mass is 170 g/mol. The molecule has 0 aromatic carbocycles. The number of nitrogens with one attached hydrogen (secondary N) is 2. The minimum absolute atomic E-state index is 0.260. The lowest BCUT2D eigenvalue weighted by atomic mass is 10.4. The van der Waals surface area contributed by atoms with Crippen LogP contribution < -0.4 is 11.2 Å². The minimum Gasteiger partial charge on any atom is -0.376 e. The van der Waals surface area contributed by atoms with Gasteiger partial charge in [0.15, 0.2) is 0 Å². The fraction of sp³-hybridized carbons (Fsp3) is 0.429. The van der Waals surface area contributed by atoms with Gasteiger partial charge in [0.05, 0.1) is 12.3 Å². The molecule has 0 saturated carbocycles. The summed E-state index contributed by atoms with van der Waals surface area (Å²) >= 11 is 0. The quantitative estimate of drug-likeness (QED) is 0.648. The average Bonchev–Trinajstić information content (AvgIpc) is 1.99. The largest absolute Gasteiger partial charge is 0.376 e. The van der Waals surface area contributed by atoms with Crippen molar-refractivity contribution in [3.05, 3.63) is 32.6 Å². The van der Waals surface area contributed by atoms with E-state index < -0.39 is 11.2 Å². The zero-order chi connectivity index (χ0) is 8.97. The minimum atomic E-state index is -0.503. The highest BCUT2D eigenvalue weighted by Gasteiger charge is 1.94. The molecule has 0 radical (unpaired) electrons. The number of hydrogen-bond donors (Lipinski definition) is 2. The summed E-state index contributed by atoms with van der Waals surface area (Å²) in [5, 5.41) is 0. The number of aromatic nitrogens is 2. The van der Waals surface area contributed by atoms with Crippen LogP contribution >= 0.6 is 0 Å². The summed E-state index contributed by atoms with van der Waals surface area (Å²) in [5.74, 6) is 0. The fourth-order valence-electron chi connectivity index (χ4n) is 0.809. The third-order valence-electron chi connectivity index (χ3n) is 1.28.